The van der Waals surface area contributed by atoms with Gasteiger partial charge in [-0.25, -0.2) is 22.0 Å². The molecule has 8 heteroatoms. The fraction of sp³-hybridized carbons (Fsp3) is 0.462. The number of hydrogen-bond donors (Lipinski definition) is 0. The number of carbonyl (C=O) groups excluding carboxylic acids is 1. The molecule has 0 aliphatic carbocycles. The van der Waals surface area contributed by atoms with Crippen molar-refractivity contribution in [2.24, 2.45) is 0 Å². The Balaban J connectivity index is 2.97. The number of rotatable bonds is 6. The minimum absolute atomic E-state index is 0.120. The third-order valence-corrected chi connectivity index (χ3v) is 3.16. The van der Waals surface area contributed by atoms with Crippen LogP contribution in [0.15, 0.2) is 0 Å². The maximum atomic E-state index is 13.5. The monoisotopic (exact) mass is 329 g/mol. The van der Waals surface area contributed by atoms with Gasteiger partial charge in [-0.2, -0.15) is 0 Å². The Bertz CT molecular complexity index is 509. The summed E-state index contributed by atoms with van der Waals surface area (Å²) < 4.78 is 65.9. The van der Waals surface area contributed by atoms with Crippen LogP contribution in [0, 0.1) is 29.1 Å². The van der Waals surface area contributed by atoms with Crippen molar-refractivity contribution in [3.63, 3.8) is 0 Å². The number of nitrogens with zero attached hydrogens (tertiary/aromatic N) is 1. The van der Waals surface area contributed by atoms with Gasteiger partial charge in [0.05, 0.1) is 0 Å². The van der Waals surface area contributed by atoms with E-state index in [1.165, 1.54) is 7.05 Å². The van der Waals surface area contributed by atoms with E-state index >= 15 is 0 Å². The molecule has 0 fully saturated rings. The Morgan fingerprint density at radius 1 is 0.905 bits per heavy atom. The molecule has 0 unspecified atom stereocenters. The highest BCUT2D eigenvalue weighted by Crippen LogP contribution is 2.24. The third kappa shape index (κ3) is 3.84. The van der Waals surface area contributed by atoms with Crippen LogP contribution < -0.4 is 0 Å². The van der Waals surface area contributed by atoms with E-state index in [9.17, 15) is 26.7 Å². The lowest BCUT2D eigenvalue weighted by molar-refractivity contribution is 0.0779. The zero-order chi connectivity index (χ0) is 16.2. The molecule has 118 valence electrons. The largest absolute Gasteiger partial charge is 0.342 e. The molecular weight excluding hydrogens is 317 g/mol. The number of carbonyl (C=O) groups is 1. The summed E-state index contributed by atoms with van der Waals surface area (Å²) in [4.78, 5) is 12.7. The second kappa shape index (κ2) is 7.59. The van der Waals surface area contributed by atoms with Gasteiger partial charge in [0.1, 0.15) is 5.56 Å². The molecule has 1 aromatic carbocycles. The van der Waals surface area contributed by atoms with Crippen LogP contribution in [-0.4, -0.2) is 30.3 Å². The molecule has 0 saturated heterocycles. The Kier molecular flexibility index (Phi) is 6.39. The van der Waals surface area contributed by atoms with E-state index in [0.29, 0.717) is 25.1 Å². The fourth-order valence-electron chi connectivity index (χ4n) is 1.71. The van der Waals surface area contributed by atoms with Crippen molar-refractivity contribution in [3.05, 3.63) is 34.6 Å². The molecule has 0 saturated carbocycles. The number of halogens is 6. The van der Waals surface area contributed by atoms with Gasteiger partial charge < -0.3 is 4.90 Å². The summed E-state index contributed by atoms with van der Waals surface area (Å²) >= 11 is 5.47. The van der Waals surface area contributed by atoms with Crippen molar-refractivity contribution in [1.29, 1.82) is 0 Å². The second-order valence-electron chi connectivity index (χ2n) is 4.42. The van der Waals surface area contributed by atoms with Crippen molar-refractivity contribution in [1.82, 2.24) is 4.90 Å². The quantitative estimate of drug-likeness (QED) is 0.255. The summed E-state index contributed by atoms with van der Waals surface area (Å²) in [5.74, 6) is -11.6. The first-order valence-corrected chi connectivity index (χ1v) is 6.69. The molecule has 1 amide bonds. The number of unbranched alkanes of at least 4 members (excludes halogenated alkanes) is 2. The first-order valence-electron chi connectivity index (χ1n) is 6.15. The molecule has 0 bridgehead atoms. The topological polar surface area (TPSA) is 20.3 Å². The Labute approximate surface area is 123 Å². The van der Waals surface area contributed by atoms with Gasteiger partial charge in [0.15, 0.2) is 23.3 Å². The smallest absolute Gasteiger partial charge is 0.259 e. The molecule has 1 aromatic rings. The van der Waals surface area contributed by atoms with Crippen LogP contribution in [0.25, 0.3) is 0 Å². The average Bonchev–Trinajstić information content (AvgIpc) is 2.47. The summed E-state index contributed by atoms with van der Waals surface area (Å²) in [5, 5.41) is 0. The Morgan fingerprint density at radius 3 is 1.86 bits per heavy atom. The van der Waals surface area contributed by atoms with E-state index < -0.39 is 40.6 Å². The highest BCUT2D eigenvalue weighted by atomic mass is 35.5. The molecule has 0 heterocycles. The minimum atomic E-state index is -2.29. The van der Waals surface area contributed by atoms with Crippen LogP contribution in [0.2, 0.25) is 0 Å². The standard InChI is InChI=1S/C13H13ClF5NO/c1-20(6-4-2-3-5-14)13(21)7-8(15)10(17)12(19)11(18)9(7)16/h2-6H2,1H3. The molecule has 2 nitrogen and oxygen atoms in total. The van der Waals surface area contributed by atoms with E-state index in [2.05, 4.69) is 0 Å². The number of hydrogen-bond acceptors (Lipinski definition) is 1. The maximum Gasteiger partial charge on any atom is 0.259 e. The molecule has 0 atom stereocenters. The van der Waals surface area contributed by atoms with Crippen LogP contribution in [0.3, 0.4) is 0 Å². The lowest BCUT2D eigenvalue weighted by Crippen LogP contribution is -2.30. The summed E-state index contributed by atoms with van der Waals surface area (Å²) in [6.07, 6.45) is 1.88. The molecule has 0 spiro atoms. The molecule has 1 rings (SSSR count). The van der Waals surface area contributed by atoms with Gasteiger partial charge in [-0.05, 0) is 12.8 Å². The molecule has 0 N–H and O–H groups in total. The zero-order valence-electron chi connectivity index (χ0n) is 11.2. The normalized spacial score (nSPS) is 10.8. The Morgan fingerprint density at radius 2 is 1.38 bits per heavy atom. The first kappa shape index (κ1) is 17.7. The summed E-state index contributed by atoms with van der Waals surface area (Å²) in [5.41, 5.74) is -1.44. The first-order chi connectivity index (χ1) is 9.82. The fourth-order valence-corrected chi connectivity index (χ4v) is 1.89. The highest BCUT2D eigenvalue weighted by molar-refractivity contribution is 6.17. The van der Waals surface area contributed by atoms with E-state index in [1.54, 1.807) is 0 Å². The van der Waals surface area contributed by atoms with Crippen LogP contribution in [0.5, 0.6) is 0 Å². The van der Waals surface area contributed by atoms with Gasteiger partial charge in [0.25, 0.3) is 5.91 Å². The van der Waals surface area contributed by atoms with Crippen LogP contribution in [-0.2, 0) is 0 Å². The van der Waals surface area contributed by atoms with Gasteiger partial charge in [0, 0.05) is 19.5 Å². The predicted molar refractivity (Wildman–Crippen MR) is 67.8 cm³/mol. The lowest BCUT2D eigenvalue weighted by atomic mass is 10.1. The molecular formula is C13H13ClF5NO. The minimum Gasteiger partial charge on any atom is -0.342 e. The highest BCUT2D eigenvalue weighted by Gasteiger charge is 2.30. The lowest BCUT2D eigenvalue weighted by Gasteiger charge is -2.18. The average molecular weight is 330 g/mol. The molecule has 0 radical (unpaired) electrons. The van der Waals surface area contributed by atoms with Crippen LogP contribution in [0.4, 0.5) is 22.0 Å². The SMILES string of the molecule is CN(CCCCCCl)C(=O)c1c(F)c(F)c(F)c(F)c1F. The third-order valence-electron chi connectivity index (χ3n) is 2.90. The summed E-state index contributed by atoms with van der Waals surface area (Å²) in [6, 6.07) is 0. The molecule has 0 aliphatic rings. The number of alkyl halides is 1. The zero-order valence-corrected chi connectivity index (χ0v) is 11.9. The van der Waals surface area contributed by atoms with Crippen molar-refractivity contribution in [2.75, 3.05) is 19.5 Å². The Hall–Kier alpha value is -1.37. The summed E-state index contributed by atoms with van der Waals surface area (Å²) in [7, 11) is 1.22. The molecule has 0 aliphatic heterocycles. The van der Waals surface area contributed by atoms with Gasteiger partial charge in [-0.3, -0.25) is 4.79 Å². The van der Waals surface area contributed by atoms with Crippen molar-refractivity contribution < 1.29 is 26.7 Å². The number of benzene rings is 1. The van der Waals surface area contributed by atoms with E-state index in [0.717, 1.165) is 4.90 Å². The van der Waals surface area contributed by atoms with Crippen LogP contribution >= 0.6 is 11.6 Å². The predicted octanol–water partition coefficient (Wildman–Crippen LogP) is 3.86. The van der Waals surface area contributed by atoms with Crippen molar-refractivity contribution in [2.45, 2.75) is 19.3 Å². The molecule has 21 heavy (non-hydrogen) atoms. The van der Waals surface area contributed by atoms with Gasteiger partial charge in [-0.15, -0.1) is 11.6 Å². The van der Waals surface area contributed by atoms with E-state index in [4.69, 9.17) is 11.6 Å². The van der Waals surface area contributed by atoms with Crippen LogP contribution in [0.1, 0.15) is 29.6 Å². The number of amides is 1. The van der Waals surface area contributed by atoms with Gasteiger partial charge in [-0.1, -0.05) is 6.42 Å². The maximum absolute atomic E-state index is 13.5. The second-order valence-corrected chi connectivity index (χ2v) is 4.80. The van der Waals surface area contributed by atoms with Crippen molar-refractivity contribution >= 4 is 17.5 Å². The van der Waals surface area contributed by atoms with Gasteiger partial charge in [0.2, 0.25) is 5.82 Å². The van der Waals surface area contributed by atoms with E-state index in [1.807, 2.05) is 0 Å². The summed E-state index contributed by atoms with van der Waals surface area (Å²) in [6.45, 7) is 0.120. The van der Waals surface area contributed by atoms with E-state index in [-0.39, 0.29) is 6.54 Å². The van der Waals surface area contributed by atoms with Crippen molar-refractivity contribution in [3.8, 4) is 0 Å². The molecule has 0 aromatic heterocycles. The van der Waals surface area contributed by atoms with Gasteiger partial charge >= 0.3 is 0 Å².